The molecule has 8 nitrogen and oxygen atoms in total. The highest BCUT2D eigenvalue weighted by Gasteiger charge is 2.17. The smallest absolute Gasteiger partial charge is 0.332 e. The number of carbonyl (C=O) groups excluding carboxylic acids is 2. The van der Waals surface area contributed by atoms with E-state index in [4.69, 9.17) is 10.5 Å². The third-order valence-electron chi connectivity index (χ3n) is 2.72. The van der Waals surface area contributed by atoms with Crippen molar-refractivity contribution >= 4 is 40.3 Å². The molecule has 0 unspecified atom stereocenters. The van der Waals surface area contributed by atoms with E-state index in [-0.39, 0.29) is 5.91 Å². The number of carbonyl (C=O) groups is 2. The summed E-state index contributed by atoms with van der Waals surface area (Å²) in [6, 6.07) is 6.30. The molecule has 1 aromatic heterocycles. The molecule has 0 fully saturated rings. The molecule has 1 aromatic carbocycles. The maximum atomic E-state index is 12.0. The van der Waals surface area contributed by atoms with Crippen LogP contribution in [0.3, 0.4) is 0 Å². The van der Waals surface area contributed by atoms with Gasteiger partial charge in [0.05, 0.1) is 24.7 Å². The molecule has 0 spiro atoms. The number of anilines is 2. The van der Waals surface area contributed by atoms with Crippen molar-refractivity contribution in [3.8, 4) is 5.75 Å². The Balaban J connectivity index is 2.24. The van der Waals surface area contributed by atoms with Crippen molar-refractivity contribution in [1.82, 2.24) is 10.4 Å². The molecule has 0 atom stereocenters. The van der Waals surface area contributed by atoms with Crippen LogP contribution in [0.4, 0.5) is 15.6 Å². The number of hydrogen-bond donors (Lipinski definition) is 2. The molecule has 120 valence electrons. The fourth-order valence-corrected chi connectivity index (χ4v) is 2.60. The summed E-state index contributed by atoms with van der Waals surface area (Å²) in [5.74, 6) is 0.519. The van der Waals surface area contributed by atoms with Gasteiger partial charge in [0.2, 0.25) is 5.91 Å². The second-order valence-corrected chi connectivity index (χ2v) is 5.18. The van der Waals surface area contributed by atoms with Crippen LogP contribution in [0.5, 0.6) is 5.75 Å². The Labute approximate surface area is 136 Å². The van der Waals surface area contributed by atoms with Crippen molar-refractivity contribution in [3.63, 3.8) is 0 Å². The van der Waals surface area contributed by atoms with Crippen LogP contribution >= 0.6 is 11.3 Å². The van der Waals surface area contributed by atoms with Crippen LogP contribution in [0.2, 0.25) is 0 Å². The number of nitrogens with two attached hydrogens (primary N) is 1. The van der Waals surface area contributed by atoms with Crippen molar-refractivity contribution in [2.75, 3.05) is 12.0 Å². The first kappa shape index (κ1) is 16.4. The first-order chi connectivity index (χ1) is 11.0. The fraction of sp³-hybridized carbons (Fsp3) is 0.143. The number of amides is 3. The van der Waals surface area contributed by atoms with E-state index >= 15 is 0 Å². The first-order valence-corrected chi connectivity index (χ1v) is 7.38. The number of benzene rings is 1. The zero-order valence-corrected chi connectivity index (χ0v) is 13.3. The maximum Gasteiger partial charge on any atom is 0.332 e. The van der Waals surface area contributed by atoms with Gasteiger partial charge in [0, 0.05) is 12.3 Å². The SMILES string of the molecule is COc1ccc(N(C(C)=O)c2nc(/C=N\NC(N)=O)cs2)cc1. The summed E-state index contributed by atoms with van der Waals surface area (Å²) >= 11 is 1.28. The Morgan fingerprint density at radius 2 is 2.09 bits per heavy atom. The maximum absolute atomic E-state index is 12.0. The molecule has 2 aromatic rings. The quantitative estimate of drug-likeness (QED) is 0.642. The monoisotopic (exact) mass is 333 g/mol. The highest BCUT2D eigenvalue weighted by Crippen LogP contribution is 2.29. The lowest BCUT2D eigenvalue weighted by molar-refractivity contribution is -0.115. The van der Waals surface area contributed by atoms with E-state index in [1.165, 1.54) is 29.4 Å². The van der Waals surface area contributed by atoms with Gasteiger partial charge in [0.25, 0.3) is 0 Å². The van der Waals surface area contributed by atoms with E-state index < -0.39 is 6.03 Å². The lowest BCUT2D eigenvalue weighted by atomic mass is 10.3. The summed E-state index contributed by atoms with van der Waals surface area (Å²) in [5, 5.41) is 5.83. The lowest BCUT2D eigenvalue weighted by Crippen LogP contribution is -2.24. The van der Waals surface area contributed by atoms with Crippen LogP contribution in [-0.2, 0) is 4.79 Å². The van der Waals surface area contributed by atoms with Gasteiger partial charge in [0.1, 0.15) is 5.75 Å². The molecule has 23 heavy (non-hydrogen) atoms. The number of hydrazone groups is 1. The molecular formula is C14H15N5O3S. The van der Waals surface area contributed by atoms with E-state index in [9.17, 15) is 9.59 Å². The molecule has 0 aliphatic heterocycles. The second-order valence-electron chi connectivity index (χ2n) is 4.34. The number of rotatable bonds is 5. The highest BCUT2D eigenvalue weighted by atomic mass is 32.1. The van der Waals surface area contributed by atoms with Gasteiger partial charge >= 0.3 is 6.03 Å². The number of aromatic nitrogens is 1. The van der Waals surface area contributed by atoms with Crippen molar-refractivity contribution < 1.29 is 14.3 Å². The van der Waals surface area contributed by atoms with Crippen molar-refractivity contribution in [3.05, 3.63) is 35.3 Å². The summed E-state index contributed by atoms with van der Waals surface area (Å²) in [4.78, 5) is 28.3. The van der Waals surface area contributed by atoms with Crippen LogP contribution in [0, 0.1) is 0 Å². The van der Waals surface area contributed by atoms with Crippen molar-refractivity contribution in [2.45, 2.75) is 6.92 Å². The van der Waals surface area contributed by atoms with E-state index in [0.29, 0.717) is 22.3 Å². The van der Waals surface area contributed by atoms with Gasteiger partial charge < -0.3 is 10.5 Å². The average molecular weight is 333 g/mol. The molecule has 3 N–H and O–H groups in total. The standard InChI is InChI=1S/C14H15N5O3S/c1-9(20)19(11-3-5-12(22-2)6-4-11)14-17-10(8-23-14)7-16-18-13(15)21/h3-8H,1-2H3,(H3,15,18,21)/b16-7-. The minimum absolute atomic E-state index is 0.178. The van der Waals surface area contributed by atoms with E-state index in [0.717, 1.165) is 0 Å². The zero-order valence-electron chi connectivity index (χ0n) is 12.5. The average Bonchev–Trinajstić information content (AvgIpc) is 2.96. The summed E-state index contributed by atoms with van der Waals surface area (Å²) in [5.41, 5.74) is 8.15. The molecule has 9 heteroatoms. The minimum atomic E-state index is -0.764. The first-order valence-electron chi connectivity index (χ1n) is 6.50. The number of ether oxygens (including phenoxy) is 1. The number of nitrogens with one attached hydrogen (secondary N) is 1. The molecule has 2 rings (SSSR count). The highest BCUT2D eigenvalue weighted by molar-refractivity contribution is 7.14. The zero-order chi connectivity index (χ0) is 16.8. The minimum Gasteiger partial charge on any atom is -0.497 e. The molecule has 1 heterocycles. The Morgan fingerprint density at radius 3 is 2.65 bits per heavy atom. The number of thiazole rings is 1. The summed E-state index contributed by atoms with van der Waals surface area (Å²) < 4.78 is 5.10. The molecule has 0 saturated heterocycles. The number of hydrogen-bond acceptors (Lipinski definition) is 6. The Bertz CT molecular complexity index is 726. The van der Waals surface area contributed by atoms with Crippen molar-refractivity contribution in [2.24, 2.45) is 10.8 Å². The molecule has 3 amide bonds. The van der Waals surface area contributed by atoms with E-state index in [1.807, 2.05) is 0 Å². The van der Waals surface area contributed by atoms with E-state index in [1.54, 1.807) is 36.8 Å². The number of primary amides is 1. The number of urea groups is 1. The largest absolute Gasteiger partial charge is 0.497 e. The molecule has 0 aliphatic rings. The van der Waals surface area contributed by atoms with Gasteiger partial charge in [-0.2, -0.15) is 5.10 Å². The summed E-state index contributed by atoms with van der Waals surface area (Å²) in [6.07, 6.45) is 1.34. The molecular weight excluding hydrogens is 318 g/mol. The van der Waals surface area contributed by atoms with Crippen molar-refractivity contribution in [1.29, 1.82) is 0 Å². The molecule has 0 radical (unpaired) electrons. The van der Waals surface area contributed by atoms with Gasteiger partial charge in [-0.05, 0) is 24.3 Å². The van der Waals surface area contributed by atoms with E-state index in [2.05, 4.69) is 15.5 Å². The Hall–Kier alpha value is -2.94. The van der Waals surface area contributed by atoms with Gasteiger partial charge in [-0.3, -0.25) is 9.69 Å². The lowest BCUT2D eigenvalue weighted by Gasteiger charge is -2.18. The van der Waals surface area contributed by atoms with Crippen LogP contribution in [0.25, 0.3) is 0 Å². The number of nitrogens with zero attached hydrogens (tertiary/aromatic N) is 3. The topological polar surface area (TPSA) is 110 Å². The van der Waals surface area contributed by atoms with Crippen LogP contribution in [-0.4, -0.2) is 30.2 Å². The number of methoxy groups -OCH3 is 1. The van der Waals surface area contributed by atoms with Gasteiger partial charge in [-0.1, -0.05) is 0 Å². The fourth-order valence-electron chi connectivity index (χ4n) is 1.76. The Morgan fingerprint density at radius 1 is 1.39 bits per heavy atom. The summed E-state index contributed by atoms with van der Waals surface area (Å²) in [6.45, 7) is 1.45. The third-order valence-corrected chi connectivity index (χ3v) is 3.56. The summed E-state index contributed by atoms with van der Waals surface area (Å²) in [7, 11) is 1.57. The predicted molar refractivity (Wildman–Crippen MR) is 88.2 cm³/mol. The molecule has 0 saturated carbocycles. The Kier molecular flexibility index (Phi) is 5.26. The van der Waals surface area contributed by atoms with Crippen LogP contribution < -0.4 is 20.8 Å². The van der Waals surface area contributed by atoms with Gasteiger partial charge in [-0.15, -0.1) is 11.3 Å². The van der Waals surface area contributed by atoms with Crippen LogP contribution in [0.1, 0.15) is 12.6 Å². The third kappa shape index (κ3) is 4.27. The van der Waals surface area contributed by atoms with Crippen LogP contribution in [0.15, 0.2) is 34.7 Å². The molecule has 0 bridgehead atoms. The molecule has 0 aliphatic carbocycles. The van der Waals surface area contributed by atoms with Gasteiger partial charge in [0.15, 0.2) is 5.13 Å². The van der Waals surface area contributed by atoms with Gasteiger partial charge in [-0.25, -0.2) is 15.2 Å². The normalized spacial score (nSPS) is 10.5. The predicted octanol–water partition coefficient (Wildman–Crippen LogP) is 1.84. The second kappa shape index (κ2) is 7.36.